The Morgan fingerprint density at radius 3 is 2.21 bits per heavy atom. The summed E-state index contributed by atoms with van der Waals surface area (Å²) in [5.41, 5.74) is 3.91. The minimum atomic E-state index is 0.750. The fourth-order valence-corrected chi connectivity index (χ4v) is 2.61. The van der Waals surface area contributed by atoms with Crippen LogP contribution in [0.2, 0.25) is 0 Å². The van der Waals surface area contributed by atoms with E-state index in [2.05, 4.69) is 21.9 Å². The maximum absolute atomic E-state index is 5.50. The first-order valence-corrected chi connectivity index (χ1v) is 7.68. The van der Waals surface area contributed by atoms with Crippen molar-refractivity contribution in [2.24, 2.45) is 0 Å². The van der Waals surface area contributed by atoms with E-state index >= 15 is 0 Å². The SMILES string of the molecule is COc1ccc(-c2cc(-c3ccc(-n4cccc4)cc3)on2)cc1. The normalized spacial score (nSPS) is 10.7. The molecule has 0 atom stereocenters. The standard InChI is InChI=1S/C20H16N2O2/c1-23-18-10-6-15(7-11-18)19-14-20(24-21-19)16-4-8-17(9-5-16)22-12-2-3-13-22/h2-14H,1H3. The maximum atomic E-state index is 5.50. The van der Waals surface area contributed by atoms with Gasteiger partial charge in [0.1, 0.15) is 11.4 Å². The van der Waals surface area contributed by atoms with Crippen molar-refractivity contribution in [3.05, 3.63) is 79.1 Å². The molecule has 4 heteroatoms. The monoisotopic (exact) mass is 316 g/mol. The van der Waals surface area contributed by atoms with Crippen molar-refractivity contribution in [2.45, 2.75) is 0 Å². The third-order valence-corrected chi connectivity index (χ3v) is 3.95. The van der Waals surface area contributed by atoms with Crippen LogP contribution in [0.5, 0.6) is 5.75 Å². The Bertz CT molecular complexity index is 921. The van der Waals surface area contributed by atoms with Gasteiger partial charge in [-0.25, -0.2) is 0 Å². The van der Waals surface area contributed by atoms with Crippen molar-refractivity contribution < 1.29 is 9.26 Å². The molecule has 0 N–H and O–H groups in total. The Morgan fingerprint density at radius 2 is 1.54 bits per heavy atom. The summed E-state index contributed by atoms with van der Waals surface area (Å²) in [5.74, 6) is 1.57. The van der Waals surface area contributed by atoms with Gasteiger partial charge in [0.2, 0.25) is 0 Å². The van der Waals surface area contributed by atoms with E-state index in [1.807, 2.05) is 67.0 Å². The number of hydrogen-bond acceptors (Lipinski definition) is 3. The van der Waals surface area contributed by atoms with E-state index in [-0.39, 0.29) is 0 Å². The van der Waals surface area contributed by atoms with Gasteiger partial charge < -0.3 is 13.8 Å². The second kappa shape index (κ2) is 6.08. The molecular formula is C20H16N2O2. The van der Waals surface area contributed by atoms with Crippen LogP contribution in [-0.2, 0) is 0 Å². The Morgan fingerprint density at radius 1 is 0.875 bits per heavy atom. The third-order valence-electron chi connectivity index (χ3n) is 3.95. The molecule has 2 heterocycles. The van der Waals surface area contributed by atoms with Crippen molar-refractivity contribution in [3.63, 3.8) is 0 Å². The van der Waals surface area contributed by atoms with Gasteiger partial charge in [0.05, 0.1) is 7.11 Å². The summed E-state index contributed by atoms with van der Waals surface area (Å²) in [7, 11) is 1.65. The van der Waals surface area contributed by atoms with E-state index in [0.717, 1.165) is 34.0 Å². The summed E-state index contributed by atoms with van der Waals surface area (Å²) >= 11 is 0. The first kappa shape index (κ1) is 14.3. The minimum absolute atomic E-state index is 0.750. The van der Waals surface area contributed by atoms with Crippen molar-refractivity contribution in [2.75, 3.05) is 7.11 Å². The predicted octanol–water partition coefficient (Wildman–Crippen LogP) is 4.81. The Labute approximate surface area is 139 Å². The zero-order valence-corrected chi connectivity index (χ0v) is 13.2. The van der Waals surface area contributed by atoms with Gasteiger partial charge in [-0.2, -0.15) is 0 Å². The zero-order valence-electron chi connectivity index (χ0n) is 13.2. The lowest BCUT2D eigenvalue weighted by atomic mass is 10.1. The summed E-state index contributed by atoms with van der Waals surface area (Å²) in [6.45, 7) is 0. The molecule has 4 aromatic rings. The van der Waals surface area contributed by atoms with E-state index in [0.29, 0.717) is 0 Å². The van der Waals surface area contributed by atoms with Crippen LogP contribution in [0, 0.1) is 0 Å². The zero-order chi connectivity index (χ0) is 16.4. The number of hydrogen-bond donors (Lipinski definition) is 0. The largest absolute Gasteiger partial charge is 0.497 e. The van der Waals surface area contributed by atoms with Gasteiger partial charge in [0.25, 0.3) is 0 Å². The molecule has 0 aliphatic heterocycles. The molecule has 2 aromatic heterocycles. The number of ether oxygens (including phenoxy) is 1. The van der Waals surface area contributed by atoms with Crippen LogP contribution in [0.1, 0.15) is 0 Å². The molecule has 0 bridgehead atoms. The molecule has 2 aromatic carbocycles. The maximum Gasteiger partial charge on any atom is 0.167 e. The van der Waals surface area contributed by atoms with E-state index in [1.165, 1.54) is 0 Å². The van der Waals surface area contributed by atoms with Crippen LogP contribution in [0.3, 0.4) is 0 Å². The average Bonchev–Trinajstić information content (AvgIpc) is 3.34. The first-order valence-electron chi connectivity index (χ1n) is 7.68. The molecule has 4 rings (SSSR count). The number of aromatic nitrogens is 2. The summed E-state index contributed by atoms with van der Waals surface area (Å²) in [6, 6.07) is 21.9. The molecule has 0 saturated heterocycles. The molecular weight excluding hydrogens is 300 g/mol. The highest BCUT2D eigenvalue weighted by molar-refractivity contribution is 5.67. The fourth-order valence-electron chi connectivity index (χ4n) is 2.61. The first-order chi connectivity index (χ1) is 11.8. The molecule has 0 amide bonds. The van der Waals surface area contributed by atoms with Gasteiger partial charge in [-0.1, -0.05) is 5.16 Å². The van der Waals surface area contributed by atoms with Crippen LogP contribution in [0.15, 0.2) is 83.6 Å². The summed E-state index contributed by atoms with van der Waals surface area (Å²) < 4.78 is 12.7. The van der Waals surface area contributed by atoms with Crippen molar-refractivity contribution >= 4 is 0 Å². The topological polar surface area (TPSA) is 40.2 Å². The molecule has 0 aliphatic carbocycles. The fraction of sp³-hybridized carbons (Fsp3) is 0.0500. The van der Waals surface area contributed by atoms with Crippen LogP contribution in [-0.4, -0.2) is 16.8 Å². The van der Waals surface area contributed by atoms with Crippen LogP contribution in [0.25, 0.3) is 28.3 Å². The van der Waals surface area contributed by atoms with Gasteiger partial charge in [-0.05, 0) is 60.7 Å². The number of rotatable bonds is 4. The second-order valence-corrected chi connectivity index (χ2v) is 5.44. The average molecular weight is 316 g/mol. The molecule has 0 aliphatic rings. The summed E-state index contributed by atoms with van der Waals surface area (Å²) in [4.78, 5) is 0. The molecule has 118 valence electrons. The second-order valence-electron chi connectivity index (χ2n) is 5.44. The van der Waals surface area contributed by atoms with E-state index < -0.39 is 0 Å². The molecule has 0 fully saturated rings. The smallest absolute Gasteiger partial charge is 0.167 e. The van der Waals surface area contributed by atoms with E-state index in [1.54, 1.807) is 7.11 Å². The molecule has 0 unspecified atom stereocenters. The van der Waals surface area contributed by atoms with Crippen LogP contribution >= 0.6 is 0 Å². The highest BCUT2D eigenvalue weighted by atomic mass is 16.5. The molecule has 4 nitrogen and oxygen atoms in total. The van der Waals surface area contributed by atoms with Gasteiger partial charge in [-0.3, -0.25) is 0 Å². The van der Waals surface area contributed by atoms with Gasteiger partial charge in [-0.15, -0.1) is 0 Å². The summed E-state index contributed by atoms with van der Waals surface area (Å²) in [6.07, 6.45) is 4.04. The van der Waals surface area contributed by atoms with Crippen molar-refractivity contribution in [1.82, 2.24) is 9.72 Å². The molecule has 0 saturated carbocycles. The lowest BCUT2D eigenvalue weighted by Gasteiger charge is -2.03. The molecule has 24 heavy (non-hydrogen) atoms. The lowest BCUT2D eigenvalue weighted by molar-refractivity contribution is 0.415. The predicted molar refractivity (Wildman–Crippen MR) is 93.3 cm³/mol. The van der Waals surface area contributed by atoms with Crippen molar-refractivity contribution in [1.29, 1.82) is 0 Å². The Hall–Kier alpha value is -3.27. The van der Waals surface area contributed by atoms with Crippen LogP contribution in [0.4, 0.5) is 0 Å². The van der Waals surface area contributed by atoms with Gasteiger partial charge >= 0.3 is 0 Å². The lowest BCUT2D eigenvalue weighted by Crippen LogP contribution is -1.88. The van der Waals surface area contributed by atoms with Gasteiger partial charge in [0, 0.05) is 35.3 Å². The third kappa shape index (κ3) is 2.70. The highest BCUT2D eigenvalue weighted by Gasteiger charge is 2.09. The minimum Gasteiger partial charge on any atom is -0.497 e. The molecule has 0 spiro atoms. The quantitative estimate of drug-likeness (QED) is 0.542. The van der Waals surface area contributed by atoms with E-state index in [9.17, 15) is 0 Å². The van der Waals surface area contributed by atoms with E-state index in [4.69, 9.17) is 9.26 Å². The highest BCUT2D eigenvalue weighted by Crippen LogP contribution is 2.27. The Kier molecular flexibility index (Phi) is 3.63. The van der Waals surface area contributed by atoms with Gasteiger partial charge in [0.15, 0.2) is 5.76 Å². The number of benzene rings is 2. The Balaban J connectivity index is 1.60. The molecule has 0 radical (unpaired) electrons. The van der Waals surface area contributed by atoms with Crippen LogP contribution < -0.4 is 4.74 Å². The summed E-state index contributed by atoms with van der Waals surface area (Å²) in [5, 5.41) is 4.17. The van der Waals surface area contributed by atoms with Crippen molar-refractivity contribution in [3.8, 4) is 34.0 Å². The number of nitrogens with zero attached hydrogens (tertiary/aromatic N) is 2. The number of methoxy groups -OCH3 is 1.